The Kier molecular flexibility index (Phi) is 5.22. The number of methoxy groups -OCH3 is 1. The molecular weight excluding hydrogens is 230 g/mol. The van der Waals surface area contributed by atoms with E-state index in [0.717, 1.165) is 0 Å². The molecule has 1 aromatic rings. The number of ether oxygens (including phenoxy) is 1. The Labute approximate surface area is 109 Å². The highest BCUT2D eigenvalue weighted by Gasteiger charge is 2.19. The Morgan fingerprint density at radius 1 is 1.56 bits per heavy atom. The topological polar surface area (TPSA) is 60.5 Å². The normalized spacial score (nSPS) is 10.9. The van der Waals surface area contributed by atoms with Crippen LogP contribution in [0.1, 0.15) is 24.3 Å². The first-order valence-electron chi connectivity index (χ1n) is 6.15. The zero-order valence-corrected chi connectivity index (χ0v) is 11.6. The molecule has 0 saturated heterocycles. The van der Waals surface area contributed by atoms with Crippen LogP contribution in [0.2, 0.25) is 0 Å². The molecule has 102 valence electrons. The molecule has 1 rings (SSSR count). The van der Waals surface area contributed by atoms with E-state index in [1.165, 1.54) is 0 Å². The van der Waals surface area contributed by atoms with Crippen LogP contribution in [-0.2, 0) is 11.8 Å². The second-order valence-corrected chi connectivity index (χ2v) is 4.91. The lowest BCUT2D eigenvalue weighted by Crippen LogP contribution is -2.37. The van der Waals surface area contributed by atoms with E-state index in [1.54, 1.807) is 23.9 Å². The largest absolute Gasteiger partial charge is 0.397 e. The number of amides is 1. The summed E-state index contributed by atoms with van der Waals surface area (Å²) in [5, 5.41) is 0. The zero-order valence-electron chi connectivity index (χ0n) is 11.6. The van der Waals surface area contributed by atoms with E-state index in [0.29, 0.717) is 37.0 Å². The standard InChI is InChI=1S/C13H23N3O2/c1-10(2)8-16(5-6-18-4)13(17)12-7-11(14)9-15(12)3/h7,9-10H,5-6,8,14H2,1-4H3. The number of carbonyl (C=O) groups is 1. The SMILES string of the molecule is COCCN(CC(C)C)C(=O)c1cc(N)cn1C. The maximum atomic E-state index is 12.4. The Morgan fingerprint density at radius 3 is 2.67 bits per heavy atom. The van der Waals surface area contributed by atoms with E-state index in [4.69, 9.17) is 10.5 Å². The van der Waals surface area contributed by atoms with Crippen molar-refractivity contribution in [3.05, 3.63) is 18.0 Å². The summed E-state index contributed by atoms with van der Waals surface area (Å²) in [7, 11) is 3.46. The number of aryl methyl sites for hydroxylation is 1. The van der Waals surface area contributed by atoms with Crippen molar-refractivity contribution < 1.29 is 9.53 Å². The summed E-state index contributed by atoms with van der Waals surface area (Å²) in [6.07, 6.45) is 1.75. The molecule has 1 amide bonds. The van der Waals surface area contributed by atoms with Crippen molar-refractivity contribution in [2.24, 2.45) is 13.0 Å². The molecule has 0 unspecified atom stereocenters. The van der Waals surface area contributed by atoms with E-state index in [2.05, 4.69) is 13.8 Å². The number of anilines is 1. The predicted molar refractivity (Wildman–Crippen MR) is 72.4 cm³/mol. The first-order valence-corrected chi connectivity index (χ1v) is 6.15. The molecule has 0 atom stereocenters. The highest BCUT2D eigenvalue weighted by Crippen LogP contribution is 2.12. The third-order valence-corrected chi connectivity index (χ3v) is 2.68. The minimum Gasteiger partial charge on any atom is -0.397 e. The number of carbonyl (C=O) groups excluding carboxylic acids is 1. The summed E-state index contributed by atoms with van der Waals surface area (Å²) in [6.45, 7) is 6.03. The van der Waals surface area contributed by atoms with Gasteiger partial charge in [0.1, 0.15) is 5.69 Å². The Bertz CT molecular complexity index is 399. The fourth-order valence-corrected chi connectivity index (χ4v) is 1.88. The van der Waals surface area contributed by atoms with Crippen LogP contribution < -0.4 is 5.73 Å². The fourth-order valence-electron chi connectivity index (χ4n) is 1.88. The molecule has 0 radical (unpaired) electrons. The number of hydrogen-bond donors (Lipinski definition) is 1. The smallest absolute Gasteiger partial charge is 0.270 e. The molecule has 0 bridgehead atoms. The third-order valence-electron chi connectivity index (χ3n) is 2.68. The minimum atomic E-state index is -0.0000463. The van der Waals surface area contributed by atoms with E-state index in [-0.39, 0.29) is 5.91 Å². The van der Waals surface area contributed by atoms with E-state index < -0.39 is 0 Å². The van der Waals surface area contributed by atoms with Gasteiger partial charge in [0.15, 0.2) is 0 Å². The van der Waals surface area contributed by atoms with Gasteiger partial charge in [0.25, 0.3) is 5.91 Å². The molecule has 0 aliphatic rings. The van der Waals surface area contributed by atoms with Gasteiger partial charge in [-0.05, 0) is 12.0 Å². The summed E-state index contributed by atoms with van der Waals surface area (Å²) >= 11 is 0. The van der Waals surface area contributed by atoms with Crippen LogP contribution in [-0.4, -0.2) is 42.2 Å². The van der Waals surface area contributed by atoms with Gasteiger partial charge in [0, 0.05) is 33.4 Å². The third kappa shape index (κ3) is 3.77. The summed E-state index contributed by atoms with van der Waals surface area (Å²) < 4.78 is 6.81. The van der Waals surface area contributed by atoms with E-state index >= 15 is 0 Å². The van der Waals surface area contributed by atoms with Gasteiger partial charge >= 0.3 is 0 Å². The summed E-state index contributed by atoms with van der Waals surface area (Å²) in [5.41, 5.74) is 6.93. The van der Waals surface area contributed by atoms with Crippen LogP contribution >= 0.6 is 0 Å². The molecule has 18 heavy (non-hydrogen) atoms. The summed E-state index contributed by atoms with van der Waals surface area (Å²) in [4.78, 5) is 14.2. The molecule has 0 fully saturated rings. The number of nitrogens with two attached hydrogens (primary N) is 1. The molecule has 0 aromatic carbocycles. The lowest BCUT2D eigenvalue weighted by Gasteiger charge is -2.24. The molecular formula is C13H23N3O2. The second-order valence-electron chi connectivity index (χ2n) is 4.91. The molecule has 5 nitrogen and oxygen atoms in total. The summed E-state index contributed by atoms with van der Waals surface area (Å²) in [6, 6.07) is 1.71. The maximum Gasteiger partial charge on any atom is 0.270 e. The van der Waals surface area contributed by atoms with Crippen LogP contribution in [0.15, 0.2) is 12.3 Å². The van der Waals surface area contributed by atoms with Gasteiger partial charge in [-0.3, -0.25) is 4.79 Å². The van der Waals surface area contributed by atoms with Gasteiger partial charge in [-0.2, -0.15) is 0 Å². The van der Waals surface area contributed by atoms with Crippen molar-refractivity contribution in [2.45, 2.75) is 13.8 Å². The van der Waals surface area contributed by atoms with E-state index in [9.17, 15) is 4.79 Å². The highest BCUT2D eigenvalue weighted by atomic mass is 16.5. The first kappa shape index (κ1) is 14.6. The average Bonchev–Trinajstić information content (AvgIpc) is 2.62. The molecule has 5 heteroatoms. The second kappa shape index (κ2) is 6.44. The molecule has 0 aliphatic carbocycles. The van der Waals surface area contributed by atoms with Crippen LogP contribution in [0, 0.1) is 5.92 Å². The fraction of sp³-hybridized carbons (Fsp3) is 0.615. The van der Waals surface area contributed by atoms with Gasteiger partial charge in [-0.15, -0.1) is 0 Å². The minimum absolute atomic E-state index is 0.0000463. The van der Waals surface area contributed by atoms with Crippen molar-refractivity contribution in [1.29, 1.82) is 0 Å². The zero-order chi connectivity index (χ0) is 13.7. The van der Waals surface area contributed by atoms with Crippen LogP contribution in [0.5, 0.6) is 0 Å². The molecule has 0 spiro atoms. The average molecular weight is 253 g/mol. The van der Waals surface area contributed by atoms with Crippen molar-refractivity contribution in [2.75, 3.05) is 32.5 Å². The number of nitrogen functional groups attached to an aromatic ring is 1. The predicted octanol–water partition coefficient (Wildman–Crippen LogP) is 1.35. The molecule has 1 heterocycles. The van der Waals surface area contributed by atoms with Gasteiger partial charge in [-0.25, -0.2) is 0 Å². The van der Waals surface area contributed by atoms with Crippen molar-refractivity contribution in [1.82, 2.24) is 9.47 Å². The Morgan fingerprint density at radius 2 is 2.22 bits per heavy atom. The van der Waals surface area contributed by atoms with Gasteiger partial charge < -0.3 is 19.9 Å². The lowest BCUT2D eigenvalue weighted by molar-refractivity contribution is 0.0663. The lowest BCUT2D eigenvalue weighted by atomic mass is 10.2. The molecule has 0 aliphatic heterocycles. The van der Waals surface area contributed by atoms with Crippen molar-refractivity contribution in [3.8, 4) is 0 Å². The van der Waals surface area contributed by atoms with Gasteiger partial charge in [0.05, 0.1) is 12.3 Å². The highest BCUT2D eigenvalue weighted by molar-refractivity contribution is 5.93. The number of rotatable bonds is 6. The van der Waals surface area contributed by atoms with Crippen molar-refractivity contribution in [3.63, 3.8) is 0 Å². The quantitative estimate of drug-likeness (QED) is 0.832. The molecule has 2 N–H and O–H groups in total. The van der Waals surface area contributed by atoms with Gasteiger partial charge in [0.2, 0.25) is 0 Å². The van der Waals surface area contributed by atoms with Crippen LogP contribution in [0.25, 0.3) is 0 Å². The van der Waals surface area contributed by atoms with Crippen molar-refractivity contribution >= 4 is 11.6 Å². The Balaban J connectivity index is 2.83. The van der Waals surface area contributed by atoms with Gasteiger partial charge in [-0.1, -0.05) is 13.8 Å². The van der Waals surface area contributed by atoms with Crippen LogP contribution in [0.4, 0.5) is 5.69 Å². The summed E-state index contributed by atoms with van der Waals surface area (Å²) in [5.74, 6) is 0.420. The first-order chi connectivity index (χ1) is 8.45. The maximum absolute atomic E-state index is 12.4. The Hall–Kier alpha value is -1.49. The molecule has 1 aromatic heterocycles. The number of hydrogen-bond acceptors (Lipinski definition) is 3. The number of nitrogens with zero attached hydrogens (tertiary/aromatic N) is 2. The number of aromatic nitrogens is 1. The van der Waals surface area contributed by atoms with E-state index in [1.807, 2.05) is 11.9 Å². The monoisotopic (exact) mass is 253 g/mol. The molecule has 0 saturated carbocycles. The van der Waals surface area contributed by atoms with Crippen LogP contribution in [0.3, 0.4) is 0 Å².